The summed E-state index contributed by atoms with van der Waals surface area (Å²) in [6.45, 7) is 0. The number of benzene rings is 1. The fraction of sp³-hybridized carbons (Fsp3) is 0. The molecule has 0 amide bonds. The third-order valence-corrected chi connectivity index (χ3v) is 2.98. The van der Waals surface area contributed by atoms with E-state index < -0.39 is 10.0 Å². The summed E-state index contributed by atoms with van der Waals surface area (Å²) in [4.78, 5) is 0. The highest BCUT2D eigenvalue weighted by molar-refractivity contribution is 7.92. The van der Waals surface area contributed by atoms with E-state index in [1.165, 1.54) is 12.3 Å². The fourth-order valence-electron chi connectivity index (χ4n) is 1.05. The molecule has 15 heavy (non-hydrogen) atoms. The molecule has 0 saturated heterocycles. The standard InChI is InChI=1S/C9H8N2O3S/c12-15(13,9-6-7-14-10-9)11-8-4-2-1-3-5-8/h1-7,11H. The Kier molecular flexibility index (Phi) is 2.42. The lowest BCUT2D eigenvalue weighted by Crippen LogP contribution is -2.12. The lowest BCUT2D eigenvalue weighted by atomic mass is 10.3. The Morgan fingerprint density at radius 2 is 1.87 bits per heavy atom. The smallest absolute Gasteiger partial charge is 0.282 e. The van der Waals surface area contributed by atoms with Gasteiger partial charge < -0.3 is 4.52 Å². The van der Waals surface area contributed by atoms with Crippen molar-refractivity contribution >= 4 is 15.7 Å². The maximum absolute atomic E-state index is 11.6. The van der Waals surface area contributed by atoms with Crippen molar-refractivity contribution in [3.8, 4) is 0 Å². The van der Waals surface area contributed by atoms with E-state index in [4.69, 9.17) is 0 Å². The van der Waals surface area contributed by atoms with Gasteiger partial charge in [-0.15, -0.1) is 0 Å². The Balaban J connectivity index is 2.27. The molecule has 0 spiro atoms. The number of hydrogen-bond acceptors (Lipinski definition) is 4. The van der Waals surface area contributed by atoms with Gasteiger partial charge in [0.15, 0.2) is 0 Å². The minimum atomic E-state index is -3.62. The molecule has 1 N–H and O–H groups in total. The Morgan fingerprint density at radius 1 is 1.13 bits per heavy atom. The van der Waals surface area contributed by atoms with E-state index in [0.29, 0.717) is 5.69 Å². The van der Waals surface area contributed by atoms with Crippen LogP contribution in [-0.4, -0.2) is 13.6 Å². The molecule has 2 aromatic rings. The molecular weight excluding hydrogens is 216 g/mol. The molecule has 0 bridgehead atoms. The SMILES string of the molecule is O=S(=O)(Nc1ccccc1)c1ccon1. The highest BCUT2D eigenvalue weighted by Gasteiger charge is 2.16. The second kappa shape index (κ2) is 3.74. The lowest BCUT2D eigenvalue weighted by Gasteiger charge is -2.03. The predicted octanol–water partition coefficient (Wildman–Crippen LogP) is 1.48. The summed E-state index contributed by atoms with van der Waals surface area (Å²) >= 11 is 0. The number of aromatic nitrogens is 1. The van der Waals surface area contributed by atoms with E-state index in [1.54, 1.807) is 30.3 Å². The third-order valence-electron chi connectivity index (χ3n) is 1.72. The van der Waals surface area contributed by atoms with Gasteiger partial charge in [-0.25, -0.2) is 0 Å². The first-order valence-corrected chi connectivity index (χ1v) is 5.65. The number of nitrogens with zero attached hydrogens (tertiary/aromatic N) is 1. The molecule has 0 aliphatic rings. The lowest BCUT2D eigenvalue weighted by molar-refractivity contribution is 0.401. The molecule has 0 fully saturated rings. The van der Waals surface area contributed by atoms with Gasteiger partial charge in [0, 0.05) is 11.8 Å². The van der Waals surface area contributed by atoms with Gasteiger partial charge in [0.25, 0.3) is 10.0 Å². The molecule has 1 aromatic heterocycles. The van der Waals surface area contributed by atoms with Crippen LogP contribution in [0.3, 0.4) is 0 Å². The van der Waals surface area contributed by atoms with Crippen molar-refractivity contribution in [2.45, 2.75) is 5.03 Å². The average molecular weight is 224 g/mol. The minimum Gasteiger partial charge on any atom is -0.363 e. The second-order valence-electron chi connectivity index (χ2n) is 2.81. The molecule has 0 atom stereocenters. The first kappa shape index (κ1) is 9.72. The molecule has 0 aliphatic heterocycles. The van der Waals surface area contributed by atoms with Crippen molar-refractivity contribution in [1.29, 1.82) is 0 Å². The van der Waals surface area contributed by atoms with Crippen molar-refractivity contribution in [2.75, 3.05) is 4.72 Å². The highest BCUT2D eigenvalue weighted by atomic mass is 32.2. The second-order valence-corrected chi connectivity index (χ2v) is 4.44. The number of hydrogen-bond donors (Lipinski definition) is 1. The van der Waals surface area contributed by atoms with Gasteiger partial charge in [-0.3, -0.25) is 4.72 Å². The number of para-hydroxylation sites is 1. The van der Waals surface area contributed by atoms with Crippen LogP contribution in [0.25, 0.3) is 0 Å². The van der Waals surface area contributed by atoms with E-state index in [2.05, 4.69) is 14.4 Å². The van der Waals surface area contributed by atoms with Crippen LogP contribution in [0, 0.1) is 0 Å². The van der Waals surface area contributed by atoms with Gasteiger partial charge in [0.1, 0.15) is 6.26 Å². The van der Waals surface area contributed by atoms with Crippen molar-refractivity contribution < 1.29 is 12.9 Å². The molecule has 0 aliphatic carbocycles. The summed E-state index contributed by atoms with van der Waals surface area (Å²) in [6.07, 6.45) is 1.21. The molecule has 0 radical (unpaired) electrons. The topological polar surface area (TPSA) is 72.2 Å². The van der Waals surface area contributed by atoms with Gasteiger partial charge in [0.2, 0.25) is 5.03 Å². The zero-order valence-electron chi connectivity index (χ0n) is 7.62. The monoisotopic (exact) mass is 224 g/mol. The van der Waals surface area contributed by atoms with Crippen LogP contribution in [0.4, 0.5) is 5.69 Å². The molecule has 0 unspecified atom stereocenters. The molecule has 5 nitrogen and oxygen atoms in total. The highest BCUT2D eigenvalue weighted by Crippen LogP contribution is 2.13. The molecule has 1 aromatic carbocycles. The normalized spacial score (nSPS) is 11.2. The van der Waals surface area contributed by atoms with Crippen LogP contribution in [0.5, 0.6) is 0 Å². The van der Waals surface area contributed by atoms with E-state index in [9.17, 15) is 8.42 Å². The Morgan fingerprint density at radius 3 is 2.47 bits per heavy atom. The zero-order valence-corrected chi connectivity index (χ0v) is 8.44. The molecule has 6 heteroatoms. The van der Waals surface area contributed by atoms with Crippen LogP contribution in [0.1, 0.15) is 0 Å². The molecule has 1 heterocycles. The summed E-state index contributed by atoms with van der Waals surface area (Å²) in [6, 6.07) is 9.86. The summed E-state index contributed by atoms with van der Waals surface area (Å²) in [5.74, 6) is 0. The number of anilines is 1. The average Bonchev–Trinajstić information content (AvgIpc) is 2.71. The van der Waals surface area contributed by atoms with E-state index in [-0.39, 0.29) is 5.03 Å². The summed E-state index contributed by atoms with van der Waals surface area (Å²) in [5.41, 5.74) is 0.487. The van der Waals surface area contributed by atoms with Gasteiger partial charge in [-0.2, -0.15) is 8.42 Å². The predicted molar refractivity (Wildman–Crippen MR) is 53.8 cm³/mol. The fourth-order valence-corrected chi connectivity index (χ4v) is 1.98. The first-order valence-electron chi connectivity index (χ1n) is 4.17. The van der Waals surface area contributed by atoms with Crippen LogP contribution < -0.4 is 4.72 Å². The van der Waals surface area contributed by atoms with Crippen LogP contribution in [0.15, 0.2) is 52.2 Å². The number of nitrogens with one attached hydrogen (secondary N) is 1. The molecule has 0 saturated carbocycles. The third kappa shape index (κ3) is 2.16. The summed E-state index contributed by atoms with van der Waals surface area (Å²) in [5, 5.41) is 3.23. The Labute approximate surface area is 86.8 Å². The molecule has 2 rings (SSSR count). The summed E-state index contributed by atoms with van der Waals surface area (Å²) < 4.78 is 30.1. The van der Waals surface area contributed by atoms with E-state index >= 15 is 0 Å². The quantitative estimate of drug-likeness (QED) is 0.857. The largest absolute Gasteiger partial charge is 0.363 e. The summed E-state index contributed by atoms with van der Waals surface area (Å²) in [7, 11) is -3.62. The van der Waals surface area contributed by atoms with Crippen LogP contribution in [-0.2, 0) is 10.0 Å². The maximum atomic E-state index is 11.6. The first-order chi connectivity index (χ1) is 7.18. The van der Waals surface area contributed by atoms with Gasteiger partial charge in [-0.05, 0) is 12.1 Å². The Hall–Kier alpha value is -1.82. The van der Waals surface area contributed by atoms with Crippen LogP contribution >= 0.6 is 0 Å². The van der Waals surface area contributed by atoms with E-state index in [1.807, 2.05) is 0 Å². The molecular formula is C9H8N2O3S. The van der Waals surface area contributed by atoms with E-state index in [0.717, 1.165) is 0 Å². The van der Waals surface area contributed by atoms with Crippen molar-refractivity contribution in [1.82, 2.24) is 5.16 Å². The van der Waals surface area contributed by atoms with Gasteiger partial charge >= 0.3 is 0 Å². The van der Waals surface area contributed by atoms with Crippen molar-refractivity contribution in [2.24, 2.45) is 0 Å². The van der Waals surface area contributed by atoms with Crippen molar-refractivity contribution in [3.05, 3.63) is 42.7 Å². The number of sulfonamides is 1. The van der Waals surface area contributed by atoms with Crippen molar-refractivity contribution in [3.63, 3.8) is 0 Å². The zero-order chi connectivity index (χ0) is 10.7. The number of rotatable bonds is 3. The minimum absolute atomic E-state index is 0.133. The van der Waals surface area contributed by atoms with Gasteiger partial charge in [-0.1, -0.05) is 23.4 Å². The van der Waals surface area contributed by atoms with Gasteiger partial charge in [0.05, 0.1) is 0 Å². The van der Waals surface area contributed by atoms with Crippen LogP contribution in [0.2, 0.25) is 0 Å². The molecule has 78 valence electrons. The Bertz CT molecular complexity index is 520. The maximum Gasteiger partial charge on any atom is 0.282 e.